The SMILES string of the molecule is O=P(c1ccccc1-c1cccc(O)c1)(C1CCCCC1)C1CCCCC1. The fourth-order valence-corrected chi connectivity index (χ4v) is 9.86. The maximum atomic E-state index is 14.9. The maximum Gasteiger partial charge on any atom is 0.122 e. The van der Waals surface area contributed by atoms with Gasteiger partial charge in [-0.1, -0.05) is 74.9 Å². The van der Waals surface area contributed by atoms with Gasteiger partial charge in [-0.3, -0.25) is 0 Å². The van der Waals surface area contributed by atoms with Crippen LogP contribution in [0.2, 0.25) is 0 Å². The van der Waals surface area contributed by atoms with Crippen molar-refractivity contribution < 1.29 is 9.67 Å². The Balaban J connectivity index is 1.84. The van der Waals surface area contributed by atoms with Crippen molar-refractivity contribution in [3.8, 4) is 16.9 Å². The molecule has 0 saturated heterocycles. The van der Waals surface area contributed by atoms with Crippen molar-refractivity contribution in [1.82, 2.24) is 0 Å². The largest absolute Gasteiger partial charge is 0.508 e. The molecule has 2 aromatic rings. The molecular formula is C24H31O2P. The van der Waals surface area contributed by atoms with Gasteiger partial charge in [-0.25, -0.2) is 0 Å². The lowest BCUT2D eigenvalue weighted by Gasteiger charge is -2.39. The van der Waals surface area contributed by atoms with Gasteiger partial charge in [-0.2, -0.15) is 0 Å². The average molecular weight is 382 g/mol. The van der Waals surface area contributed by atoms with E-state index in [1.807, 2.05) is 24.3 Å². The van der Waals surface area contributed by atoms with E-state index in [-0.39, 0.29) is 5.75 Å². The summed E-state index contributed by atoms with van der Waals surface area (Å²) < 4.78 is 14.9. The number of phenols is 1. The zero-order valence-electron chi connectivity index (χ0n) is 16.1. The first-order valence-electron chi connectivity index (χ1n) is 10.7. The van der Waals surface area contributed by atoms with E-state index in [4.69, 9.17) is 0 Å². The zero-order valence-corrected chi connectivity index (χ0v) is 17.0. The first kappa shape index (κ1) is 18.8. The van der Waals surface area contributed by atoms with Crippen molar-refractivity contribution in [3.05, 3.63) is 48.5 Å². The van der Waals surface area contributed by atoms with Gasteiger partial charge < -0.3 is 9.67 Å². The fourth-order valence-electron chi connectivity index (χ4n) is 5.32. The molecule has 2 aliphatic carbocycles. The van der Waals surface area contributed by atoms with Gasteiger partial charge in [0.25, 0.3) is 0 Å². The highest BCUT2D eigenvalue weighted by atomic mass is 31.2. The van der Waals surface area contributed by atoms with Crippen LogP contribution in [0.3, 0.4) is 0 Å². The molecule has 0 amide bonds. The lowest BCUT2D eigenvalue weighted by molar-refractivity contribution is 0.453. The lowest BCUT2D eigenvalue weighted by atomic mass is 9.99. The van der Waals surface area contributed by atoms with Crippen molar-refractivity contribution in [3.63, 3.8) is 0 Å². The van der Waals surface area contributed by atoms with Gasteiger partial charge in [0.05, 0.1) is 0 Å². The van der Waals surface area contributed by atoms with Gasteiger partial charge in [-0.05, 0) is 48.9 Å². The third kappa shape index (κ3) is 3.74. The van der Waals surface area contributed by atoms with Gasteiger partial charge in [-0.15, -0.1) is 0 Å². The summed E-state index contributed by atoms with van der Waals surface area (Å²) in [6.45, 7) is 0. The molecule has 2 saturated carbocycles. The normalized spacial score (nSPS) is 19.9. The van der Waals surface area contributed by atoms with Crippen LogP contribution in [0.5, 0.6) is 5.75 Å². The minimum Gasteiger partial charge on any atom is -0.508 e. The van der Waals surface area contributed by atoms with E-state index in [2.05, 4.69) is 18.2 Å². The summed E-state index contributed by atoms with van der Waals surface area (Å²) in [4.78, 5) is 0. The van der Waals surface area contributed by atoms with Crippen LogP contribution in [0.25, 0.3) is 11.1 Å². The maximum absolute atomic E-state index is 14.9. The third-order valence-corrected chi connectivity index (χ3v) is 11.0. The number of aromatic hydroxyl groups is 1. The summed E-state index contributed by atoms with van der Waals surface area (Å²) in [7, 11) is -2.52. The molecule has 0 heterocycles. The third-order valence-electron chi connectivity index (χ3n) is 6.67. The van der Waals surface area contributed by atoms with Gasteiger partial charge >= 0.3 is 0 Å². The Morgan fingerprint density at radius 1 is 0.741 bits per heavy atom. The molecule has 2 nitrogen and oxygen atoms in total. The van der Waals surface area contributed by atoms with Crippen LogP contribution in [-0.4, -0.2) is 16.4 Å². The Kier molecular flexibility index (Phi) is 5.74. The van der Waals surface area contributed by atoms with Crippen LogP contribution < -0.4 is 5.30 Å². The minimum absolute atomic E-state index is 0.271. The molecule has 1 N–H and O–H groups in total. The number of rotatable bonds is 4. The molecule has 144 valence electrons. The van der Waals surface area contributed by atoms with Crippen LogP contribution in [0.1, 0.15) is 64.2 Å². The first-order chi connectivity index (χ1) is 13.2. The molecule has 0 aliphatic heterocycles. The van der Waals surface area contributed by atoms with E-state index < -0.39 is 7.14 Å². The van der Waals surface area contributed by atoms with Crippen molar-refractivity contribution in [2.75, 3.05) is 0 Å². The molecule has 0 unspecified atom stereocenters. The van der Waals surface area contributed by atoms with E-state index in [0.29, 0.717) is 11.3 Å². The van der Waals surface area contributed by atoms with Gasteiger partial charge in [0.15, 0.2) is 0 Å². The zero-order chi connectivity index (χ0) is 18.7. The van der Waals surface area contributed by atoms with Gasteiger partial charge in [0.1, 0.15) is 12.9 Å². The average Bonchev–Trinajstić information content (AvgIpc) is 2.74. The van der Waals surface area contributed by atoms with Crippen LogP contribution in [0.15, 0.2) is 48.5 Å². The Hall–Kier alpha value is -1.53. The van der Waals surface area contributed by atoms with E-state index in [1.165, 1.54) is 38.5 Å². The van der Waals surface area contributed by atoms with Crippen molar-refractivity contribution in [2.24, 2.45) is 0 Å². The highest BCUT2D eigenvalue weighted by Crippen LogP contribution is 2.62. The quantitative estimate of drug-likeness (QED) is 0.597. The summed E-state index contributed by atoms with van der Waals surface area (Å²) >= 11 is 0. The lowest BCUT2D eigenvalue weighted by Crippen LogP contribution is -2.30. The van der Waals surface area contributed by atoms with E-state index in [0.717, 1.165) is 42.1 Å². The summed E-state index contributed by atoms with van der Waals surface area (Å²) in [5.74, 6) is 0.271. The molecule has 2 aliphatic rings. The standard InChI is InChI=1S/C24H31O2P/c25-20-11-9-10-19(18-20)23-16-7-8-17-24(23)27(26,21-12-3-1-4-13-21)22-14-5-2-6-15-22/h7-11,16-18,21-22,25H,1-6,12-15H2. The van der Waals surface area contributed by atoms with Gasteiger partial charge in [0, 0.05) is 16.6 Å². The second-order valence-electron chi connectivity index (χ2n) is 8.36. The van der Waals surface area contributed by atoms with Crippen LogP contribution >= 0.6 is 7.14 Å². The highest BCUT2D eigenvalue weighted by molar-refractivity contribution is 7.73. The topological polar surface area (TPSA) is 37.3 Å². The predicted octanol–water partition coefficient (Wildman–Crippen LogP) is 6.71. The molecule has 27 heavy (non-hydrogen) atoms. The van der Waals surface area contributed by atoms with Gasteiger partial charge in [0.2, 0.25) is 0 Å². The Bertz CT molecular complexity index is 795. The molecule has 2 aromatic carbocycles. The molecule has 0 spiro atoms. The molecular weight excluding hydrogens is 351 g/mol. The summed E-state index contributed by atoms with van der Waals surface area (Å²) in [6.07, 6.45) is 11.9. The molecule has 2 fully saturated rings. The summed E-state index contributed by atoms with van der Waals surface area (Å²) in [6, 6.07) is 15.7. The molecule has 0 radical (unpaired) electrons. The molecule has 0 aromatic heterocycles. The molecule has 3 heteroatoms. The second kappa shape index (κ2) is 8.23. The number of hydrogen-bond donors (Lipinski definition) is 1. The molecule has 0 atom stereocenters. The second-order valence-corrected chi connectivity index (χ2v) is 11.7. The Morgan fingerprint density at radius 2 is 1.33 bits per heavy atom. The fraction of sp³-hybridized carbons (Fsp3) is 0.500. The van der Waals surface area contributed by atoms with E-state index in [9.17, 15) is 9.67 Å². The number of phenolic OH excluding ortho intramolecular Hbond substituents is 1. The molecule has 0 bridgehead atoms. The highest BCUT2D eigenvalue weighted by Gasteiger charge is 2.43. The summed E-state index contributed by atoms with van der Waals surface area (Å²) in [5.41, 5.74) is 2.73. The monoisotopic (exact) mass is 382 g/mol. The van der Waals surface area contributed by atoms with Crippen molar-refractivity contribution >= 4 is 12.4 Å². The van der Waals surface area contributed by atoms with Crippen LogP contribution in [0.4, 0.5) is 0 Å². The predicted molar refractivity (Wildman–Crippen MR) is 115 cm³/mol. The smallest absolute Gasteiger partial charge is 0.122 e. The first-order valence-corrected chi connectivity index (χ1v) is 12.5. The number of hydrogen-bond acceptors (Lipinski definition) is 2. The Labute approximate surface area is 163 Å². The minimum atomic E-state index is -2.52. The molecule has 4 rings (SSSR count). The van der Waals surface area contributed by atoms with Crippen molar-refractivity contribution in [2.45, 2.75) is 75.5 Å². The van der Waals surface area contributed by atoms with E-state index >= 15 is 0 Å². The van der Waals surface area contributed by atoms with Crippen molar-refractivity contribution in [1.29, 1.82) is 0 Å². The Morgan fingerprint density at radius 3 is 1.93 bits per heavy atom. The van der Waals surface area contributed by atoms with Crippen LogP contribution in [-0.2, 0) is 4.57 Å². The van der Waals surface area contributed by atoms with E-state index in [1.54, 1.807) is 6.07 Å². The van der Waals surface area contributed by atoms with Crippen LogP contribution in [0, 0.1) is 0 Å². The summed E-state index contributed by atoms with van der Waals surface area (Å²) in [5, 5.41) is 11.1. The number of benzene rings is 2.